The Balaban J connectivity index is 2.04. The number of hydrogen-bond acceptors (Lipinski definition) is 0. The number of benzene rings is 5. The van der Waals surface area contributed by atoms with Gasteiger partial charge in [0.2, 0.25) is 0 Å². The summed E-state index contributed by atoms with van der Waals surface area (Å²) >= 11 is 0. The van der Waals surface area contributed by atoms with E-state index in [4.69, 9.17) is 0 Å². The third-order valence-electron chi connectivity index (χ3n) is 5.40. The molecular weight excluding hydrogens is 407 g/mol. The van der Waals surface area contributed by atoms with Crippen LogP contribution in [0.1, 0.15) is 0 Å². The topological polar surface area (TPSA) is 0 Å². The first-order valence-corrected chi connectivity index (χ1v) is 9.49. The molecule has 0 atom stereocenters. The molecule has 152 valence electrons. The third-order valence-corrected chi connectivity index (χ3v) is 5.40. The summed E-state index contributed by atoms with van der Waals surface area (Å²) in [7, 11) is 0. The highest BCUT2D eigenvalue weighted by Crippen LogP contribution is 2.45. The molecule has 0 N–H and O–H groups in total. The van der Waals surface area contributed by atoms with Gasteiger partial charge in [0.1, 0.15) is 29.1 Å². The minimum atomic E-state index is -0.838. The Bertz CT molecular complexity index is 1490. The number of rotatable bonds is 2. The Morgan fingerprint density at radius 1 is 0.419 bits per heavy atom. The highest BCUT2D eigenvalue weighted by atomic mass is 19.1. The van der Waals surface area contributed by atoms with Gasteiger partial charge in [0, 0.05) is 39.8 Å². The second-order valence-corrected chi connectivity index (χ2v) is 7.21. The molecule has 0 aromatic heterocycles. The average molecular weight is 420 g/mol. The molecule has 0 heterocycles. The lowest BCUT2D eigenvalue weighted by molar-refractivity contribution is 0.585. The van der Waals surface area contributed by atoms with Crippen molar-refractivity contribution in [3.63, 3.8) is 0 Å². The monoisotopic (exact) mass is 420 g/mol. The molecule has 5 aromatic rings. The van der Waals surface area contributed by atoms with Gasteiger partial charge < -0.3 is 0 Å². The van der Waals surface area contributed by atoms with E-state index in [1.54, 1.807) is 30.3 Å². The molecule has 0 bridgehead atoms. The van der Waals surface area contributed by atoms with Gasteiger partial charge in [-0.25, -0.2) is 22.0 Å². The summed E-state index contributed by atoms with van der Waals surface area (Å²) in [6, 6.07) is 17.4. The molecule has 5 heteroatoms. The maximum atomic E-state index is 15.2. The van der Waals surface area contributed by atoms with Crippen molar-refractivity contribution in [2.75, 3.05) is 0 Å². The predicted molar refractivity (Wildman–Crippen MR) is 112 cm³/mol. The quantitative estimate of drug-likeness (QED) is 0.200. The fraction of sp³-hybridized carbons (Fsp3) is 0. The van der Waals surface area contributed by atoms with Crippen LogP contribution in [0.25, 0.3) is 43.8 Å². The van der Waals surface area contributed by atoms with E-state index in [1.807, 2.05) is 0 Å². The van der Waals surface area contributed by atoms with Gasteiger partial charge in [-0.05, 0) is 46.5 Å². The van der Waals surface area contributed by atoms with Crippen LogP contribution in [-0.4, -0.2) is 0 Å². The zero-order chi connectivity index (χ0) is 21.7. The van der Waals surface area contributed by atoms with Crippen LogP contribution >= 0.6 is 0 Å². The minimum Gasteiger partial charge on any atom is -0.207 e. The number of halogens is 5. The van der Waals surface area contributed by atoms with E-state index in [0.717, 1.165) is 24.3 Å². The SMILES string of the molecule is Fc1ccc(-c2c3ccccc3c(-c3ccc(F)cc3F)c3c(F)cccc23)c(F)c1. The Morgan fingerprint density at radius 2 is 0.935 bits per heavy atom. The molecule has 0 saturated carbocycles. The van der Waals surface area contributed by atoms with Gasteiger partial charge in [-0.2, -0.15) is 0 Å². The molecule has 0 radical (unpaired) electrons. The van der Waals surface area contributed by atoms with Gasteiger partial charge in [-0.1, -0.05) is 36.4 Å². The van der Waals surface area contributed by atoms with E-state index in [1.165, 1.54) is 24.3 Å². The van der Waals surface area contributed by atoms with Gasteiger partial charge in [0.05, 0.1) is 0 Å². The van der Waals surface area contributed by atoms with E-state index in [0.29, 0.717) is 21.7 Å². The molecule has 0 saturated heterocycles. The van der Waals surface area contributed by atoms with Crippen LogP contribution in [-0.2, 0) is 0 Å². The van der Waals surface area contributed by atoms with Gasteiger partial charge >= 0.3 is 0 Å². The third kappa shape index (κ3) is 3.05. The number of hydrogen-bond donors (Lipinski definition) is 0. The van der Waals surface area contributed by atoms with Crippen LogP contribution in [0.2, 0.25) is 0 Å². The van der Waals surface area contributed by atoms with Gasteiger partial charge in [0.15, 0.2) is 0 Å². The Hall–Kier alpha value is -3.73. The van der Waals surface area contributed by atoms with Crippen LogP contribution in [0.4, 0.5) is 22.0 Å². The molecule has 0 nitrogen and oxygen atoms in total. The first kappa shape index (κ1) is 19.2. The average Bonchev–Trinajstić information content (AvgIpc) is 2.74. The Kier molecular flexibility index (Phi) is 4.47. The van der Waals surface area contributed by atoms with E-state index in [9.17, 15) is 17.6 Å². The van der Waals surface area contributed by atoms with Gasteiger partial charge in [0.25, 0.3) is 0 Å². The second-order valence-electron chi connectivity index (χ2n) is 7.21. The summed E-state index contributed by atoms with van der Waals surface area (Å²) in [6.45, 7) is 0. The molecule has 0 fully saturated rings. The lowest BCUT2D eigenvalue weighted by Gasteiger charge is -2.18. The summed E-state index contributed by atoms with van der Waals surface area (Å²) in [5.41, 5.74) is 0.736. The van der Waals surface area contributed by atoms with E-state index in [-0.39, 0.29) is 22.1 Å². The van der Waals surface area contributed by atoms with Crippen LogP contribution in [0.5, 0.6) is 0 Å². The largest absolute Gasteiger partial charge is 0.207 e. The molecule has 5 aromatic carbocycles. The maximum Gasteiger partial charge on any atom is 0.133 e. The van der Waals surface area contributed by atoms with Crippen molar-refractivity contribution < 1.29 is 22.0 Å². The smallest absolute Gasteiger partial charge is 0.133 e. The first-order chi connectivity index (χ1) is 15.0. The lowest BCUT2D eigenvalue weighted by atomic mass is 9.85. The van der Waals surface area contributed by atoms with Crippen molar-refractivity contribution >= 4 is 21.5 Å². The van der Waals surface area contributed by atoms with Crippen molar-refractivity contribution in [3.8, 4) is 22.3 Å². The zero-order valence-corrected chi connectivity index (χ0v) is 15.9. The molecule has 0 aliphatic heterocycles. The maximum absolute atomic E-state index is 15.2. The normalized spacial score (nSPS) is 11.4. The standard InChI is InChI=1S/C26H13F5/c27-14-8-10-18(22(30)12-14)24-16-4-1-2-5-17(16)25(19-11-9-15(28)13-23(19)31)26-20(24)6-3-7-21(26)29/h1-13H. The molecule has 0 amide bonds. The minimum absolute atomic E-state index is 0.0267. The molecule has 31 heavy (non-hydrogen) atoms. The number of fused-ring (bicyclic) bond motifs is 2. The fourth-order valence-corrected chi connectivity index (χ4v) is 4.14. The first-order valence-electron chi connectivity index (χ1n) is 9.49. The molecule has 0 aliphatic rings. The van der Waals surface area contributed by atoms with Gasteiger partial charge in [-0.3, -0.25) is 0 Å². The van der Waals surface area contributed by atoms with Crippen LogP contribution in [0, 0.1) is 29.1 Å². The summed E-state index contributed by atoms with van der Waals surface area (Å²) in [5, 5.41) is 1.41. The van der Waals surface area contributed by atoms with Crippen molar-refractivity contribution in [1.29, 1.82) is 0 Å². The summed E-state index contributed by atoms with van der Waals surface area (Å²) in [6.07, 6.45) is 0. The molecular formula is C26H13F5. The van der Waals surface area contributed by atoms with Crippen LogP contribution < -0.4 is 0 Å². The second kappa shape index (κ2) is 7.20. The highest BCUT2D eigenvalue weighted by Gasteiger charge is 2.22. The van der Waals surface area contributed by atoms with Gasteiger partial charge in [-0.15, -0.1) is 0 Å². The van der Waals surface area contributed by atoms with Crippen molar-refractivity contribution in [3.05, 3.63) is 108 Å². The zero-order valence-electron chi connectivity index (χ0n) is 15.9. The van der Waals surface area contributed by atoms with Crippen molar-refractivity contribution in [2.24, 2.45) is 0 Å². The summed E-state index contributed by atoms with van der Waals surface area (Å²) in [4.78, 5) is 0. The van der Waals surface area contributed by atoms with E-state index >= 15 is 4.39 Å². The molecule has 0 unspecified atom stereocenters. The van der Waals surface area contributed by atoms with E-state index in [2.05, 4.69) is 0 Å². The van der Waals surface area contributed by atoms with Crippen molar-refractivity contribution in [1.82, 2.24) is 0 Å². The molecule has 0 spiro atoms. The Morgan fingerprint density at radius 3 is 1.52 bits per heavy atom. The summed E-state index contributed by atoms with van der Waals surface area (Å²) < 4.78 is 71.9. The van der Waals surface area contributed by atoms with Crippen molar-refractivity contribution in [2.45, 2.75) is 0 Å². The molecule has 5 rings (SSSR count). The predicted octanol–water partition coefficient (Wildman–Crippen LogP) is 8.02. The lowest BCUT2D eigenvalue weighted by Crippen LogP contribution is -1.96. The summed E-state index contributed by atoms with van der Waals surface area (Å²) in [5.74, 6) is -3.75. The highest BCUT2D eigenvalue weighted by molar-refractivity contribution is 6.21. The van der Waals surface area contributed by atoms with Crippen LogP contribution in [0.15, 0.2) is 78.9 Å². The van der Waals surface area contributed by atoms with Crippen LogP contribution in [0.3, 0.4) is 0 Å². The Labute approximate surface area is 174 Å². The van der Waals surface area contributed by atoms with E-state index < -0.39 is 29.1 Å². The molecule has 0 aliphatic carbocycles. The fourth-order valence-electron chi connectivity index (χ4n) is 4.14.